The van der Waals surface area contributed by atoms with Crippen LogP contribution < -0.4 is 0 Å². The number of benzene rings is 1. The third-order valence-corrected chi connectivity index (χ3v) is 11.4. The van der Waals surface area contributed by atoms with Crippen LogP contribution in [0.15, 0.2) is 24.5 Å². The second kappa shape index (κ2) is 8.35. The lowest BCUT2D eigenvalue weighted by Gasteiger charge is -2.59. The van der Waals surface area contributed by atoms with Gasteiger partial charge in [-0.15, -0.1) is 0 Å². The van der Waals surface area contributed by atoms with E-state index in [9.17, 15) is 15.0 Å². The zero-order valence-corrected chi connectivity index (χ0v) is 22.8. The predicted octanol–water partition coefficient (Wildman–Crippen LogP) is 5.94. The average Bonchev–Trinajstić information content (AvgIpc) is 3.39. The molecule has 1 heterocycles. The molecule has 37 heavy (non-hydrogen) atoms. The Labute approximate surface area is 219 Å². The Morgan fingerprint density at radius 3 is 2.65 bits per heavy atom. The zero-order valence-electron chi connectivity index (χ0n) is 22.8. The Balaban J connectivity index is 1.22. The number of nitrogens with zero attached hydrogens (tertiary/aromatic N) is 2. The van der Waals surface area contributed by atoms with E-state index in [-0.39, 0.29) is 35.5 Å². The number of hydrogen-bond acceptors (Lipinski definition) is 4. The van der Waals surface area contributed by atoms with Crippen LogP contribution in [-0.2, 0) is 16.9 Å². The number of Topliss-reactive ketones (excluding diaryl/α,β-unsaturated/α-hetero) is 1. The highest BCUT2D eigenvalue weighted by atomic mass is 19.1. The van der Waals surface area contributed by atoms with E-state index in [0.29, 0.717) is 31.1 Å². The molecule has 6 rings (SSSR count). The number of ketones is 1. The van der Waals surface area contributed by atoms with Crippen LogP contribution in [0, 0.1) is 35.0 Å². The van der Waals surface area contributed by atoms with Crippen molar-refractivity contribution in [3.05, 3.63) is 30.1 Å². The van der Waals surface area contributed by atoms with E-state index in [1.54, 1.807) is 20.2 Å². The van der Waals surface area contributed by atoms with Gasteiger partial charge in [0.1, 0.15) is 5.67 Å². The minimum atomic E-state index is -1.15. The summed E-state index contributed by atoms with van der Waals surface area (Å²) in [5.41, 5.74) is -0.402. The molecule has 0 bridgehead atoms. The van der Waals surface area contributed by atoms with Gasteiger partial charge in [0.05, 0.1) is 35.1 Å². The van der Waals surface area contributed by atoms with Crippen molar-refractivity contribution >= 4 is 16.8 Å². The summed E-state index contributed by atoms with van der Waals surface area (Å²) in [5, 5.41) is 21.1. The summed E-state index contributed by atoms with van der Waals surface area (Å²) in [6, 6.07) is 5.74. The van der Waals surface area contributed by atoms with Gasteiger partial charge in [-0.05, 0) is 125 Å². The highest BCUT2D eigenvalue weighted by molar-refractivity contribution is 5.84. The normalized spacial score (nSPS) is 41.8. The molecule has 2 aromatic rings. The third-order valence-electron chi connectivity index (χ3n) is 11.4. The molecule has 4 aliphatic rings. The fourth-order valence-corrected chi connectivity index (χ4v) is 9.35. The van der Waals surface area contributed by atoms with Gasteiger partial charge < -0.3 is 14.8 Å². The van der Waals surface area contributed by atoms with Gasteiger partial charge >= 0.3 is 0 Å². The second-order valence-corrected chi connectivity index (χ2v) is 14.1. The molecule has 6 heteroatoms. The fraction of sp³-hybridized carbons (Fsp3) is 0.742. The highest BCUT2D eigenvalue weighted by Crippen LogP contribution is 2.66. The molecule has 4 saturated carbocycles. The second-order valence-electron chi connectivity index (χ2n) is 14.1. The standard InChI is InChI=1S/C31H43FN2O3/c1-28(2,36)19-6-10-25-26(15-19)34(18-33-25)17-27(35)24-9-8-22-21-7-5-20-16-29(3,37)13-14-31(20,32)23(21)11-12-30(22,24)4/h6,10,15,18,20-24,36-37H,5,7-9,11-14,16-17H2,1-4H3/t20-,21?,22+,23+,24-,29-,30+,31-/m1/s1. The van der Waals surface area contributed by atoms with Gasteiger partial charge in [0.2, 0.25) is 0 Å². The van der Waals surface area contributed by atoms with E-state index in [1.807, 2.05) is 29.7 Å². The molecule has 202 valence electrons. The number of aromatic nitrogens is 2. The number of hydrogen-bond donors (Lipinski definition) is 2. The lowest BCUT2D eigenvalue weighted by Crippen LogP contribution is -2.58. The number of fused-ring (bicyclic) bond motifs is 6. The number of aliphatic hydroxyl groups is 2. The molecule has 0 saturated heterocycles. The van der Waals surface area contributed by atoms with Crippen LogP contribution in [0.3, 0.4) is 0 Å². The summed E-state index contributed by atoms with van der Waals surface area (Å²) >= 11 is 0. The maximum absolute atomic E-state index is 16.6. The van der Waals surface area contributed by atoms with Crippen LogP contribution in [-0.4, -0.2) is 36.8 Å². The largest absolute Gasteiger partial charge is 0.390 e. The molecule has 4 aliphatic carbocycles. The van der Waals surface area contributed by atoms with Crippen LogP contribution in [0.5, 0.6) is 0 Å². The van der Waals surface area contributed by atoms with Crippen molar-refractivity contribution in [3.63, 3.8) is 0 Å². The quantitative estimate of drug-likeness (QED) is 0.533. The first kappa shape index (κ1) is 25.5. The summed E-state index contributed by atoms with van der Waals surface area (Å²) in [6.07, 6.45) is 8.95. The molecule has 0 aliphatic heterocycles. The Hall–Kier alpha value is -1.79. The number of carbonyl (C=O) groups is 1. The topological polar surface area (TPSA) is 75.4 Å². The van der Waals surface area contributed by atoms with E-state index >= 15 is 4.39 Å². The number of carbonyl (C=O) groups excluding carboxylic acids is 1. The Bertz CT molecular complexity index is 1210. The van der Waals surface area contributed by atoms with Gasteiger partial charge in [0.15, 0.2) is 5.78 Å². The van der Waals surface area contributed by atoms with Gasteiger partial charge in [-0.25, -0.2) is 9.37 Å². The molecule has 5 nitrogen and oxygen atoms in total. The molecule has 0 spiro atoms. The van der Waals surface area contributed by atoms with Crippen molar-refractivity contribution in [2.45, 2.75) is 109 Å². The summed E-state index contributed by atoms with van der Waals surface area (Å²) < 4.78 is 18.6. The van der Waals surface area contributed by atoms with Gasteiger partial charge in [0, 0.05) is 5.92 Å². The summed E-state index contributed by atoms with van der Waals surface area (Å²) in [5.74, 6) is 1.06. The van der Waals surface area contributed by atoms with Gasteiger partial charge in [-0.3, -0.25) is 4.79 Å². The molecule has 1 unspecified atom stereocenters. The molecule has 0 amide bonds. The van der Waals surface area contributed by atoms with E-state index in [0.717, 1.165) is 55.1 Å². The highest BCUT2D eigenvalue weighted by Gasteiger charge is 2.63. The molecule has 8 atom stereocenters. The van der Waals surface area contributed by atoms with E-state index in [1.165, 1.54) is 0 Å². The molecule has 4 fully saturated rings. The molecule has 0 radical (unpaired) electrons. The number of alkyl halides is 1. The van der Waals surface area contributed by atoms with Crippen LogP contribution in [0.1, 0.15) is 91.0 Å². The van der Waals surface area contributed by atoms with Gasteiger partial charge in [-0.1, -0.05) is 13.0 Å². The smallest absolute Gasteiger partial charge is 0.156 e. The van der Waals surface area contributed by atoms with Crippen molar-refractivity contribution < 1.29 is 19.4 Å². The SMILES string of the molecule is CC(C)(O)c1ccc2ncn(CC(=O)[C@H]3CC[C@H]4C5CC[C@@H]6C[C@](C)(O)CC[C@]6(F)[C@H]5CC[C@]34C)c2c1. The van der Waals surface area contributed by atoms with Crippen LogP contribution in [0.4, 0.5) is 4.39 Å². The van der Waals surface area contributed by atoms with E-state index in [2.05, 4.69) is 11.9 Å². The lowest BCUT2D eigenvalue weighted by atomic mass is 9.48. The van der Waals surface area contributed by atoms with Crippen molar-refractivity contribution in [1.82, 2.24) is 9.55 Å². The number of imidazole rings is 1. The maximum atomic E-state index is 16.6. The molecular weight excluding hydrogens is 467 g/mol. The molecular formula is C31H43FN2O3. The van der Waals surface area contributed by atoms with Crippen LogP contribution >= 0.6 is 0 Å². The average molecular weight is 511 g/mol. The fourth-order valence-electron chi connectivity index (χ4n) is 9.35. The number of halogens is 1. The monoisotopic (exact) mass is 510 g/mol. The lowest BCUT2D eigenvalue weighted by molar-refractivity contribution is -0.165. The van der Waals surface area contributed by atoms with Gasteiger partial charge in [0.25, 0.3) is 0 Å². The third kappa shape index (κ3) is 4.00. The van der Waals surface area contributed by atoms with Crippen molar-refractivity contribution in [3.8, 4) is 0 Å². The van der Waals surface area contributed by atoms with Crippen LogP contribution in [0.2, 0.25) is 0 Å². The van der Waals surface area contributed by atoms with Crippen LogP contribution in [0.25, 0.3) is 11.0 Å². The van der Waals surface area contributed by atoms with E-state index in [4.69, 9.17) is 0 Å². The number of rotatable bonds is 4. The Morgan fingerprint density at radius 1 is 1.11 bits per heavy atom. The summed E-state index contributed by atoms with van der Waals surface area (Å²) in [4.78, 5) is 18.3. The maximum Gasteiger partial charge on any atom is 0.156 e. The van der Waals surface area contributed by atoms with Crippen molar-refractivity contribution in [2.24, 2.45) is 35.0 Å². The summed E-state index contributed by atoms with van der Waals surface area (Å²) in [7, 11) is 0. The first-order chi connectivity index (χ1) is 17.3. The predicted molar refractivity (Wildman–Crippen MR) is 142 cm³/mol. The van der Waals surface area contributed by atoms with Crippen molar-refractivity contribution in [2.75, 3.05) is 0 Å². The zero-order chi connectivity index (χ0) is 26.4. The first-order valence-corrected chi connectivity index (χ1v) is 14.4. The Morgan fingerprint density at radius 2 is 1.89 bits per heavy atom. The molecule has 1 aromatic heterocycles. The molecule has 1 aromatic carbocycles. The summed E-state index contributed by atoms with van der Waals surface area (Å²) in [6.45, 7) is 8.00. The minimum absolute atomic E-state index is 0.00580. The molecule has 2 N–H and O–H groups in total. The first-order valence-electron chi connectivity index (χ1n) is 14.4. The van der Waals surface area contributed by atoms with E-state index < -0.39 is 16.9 Å². The van der Waals surface area contributed by atoms with Crippen molar-refractivity contribution in [1.29, 1.82) is 0 Å². The minimum Gasteiger partial charge on any atom is -0.390 e. The Kier molecular flexibility index (Phi) is 5.75. The van der Waals surface area contributed by atoms with Gasteiger partial charge in [-0.2, -0.15) is 0 Å².